The van der Waals surface area contributed by atoms with Crippen molar-refractivity contribution in [3.63, 3.8) is 0 Å². The van der Waals surface area contributed by atoms with Crippen molar-refractivity contribution in [3.05, 3.63) is 39.4 Å². The number of benzene rings is 1. The van der Waals surface area contributed by atoms with Crippen LogP contribution in [-0.2, 0) is 4.79 Å². The van der Waals surface area contributed by atoms with E-state index in [9.17, 15) is 9.59 Å². The third kappa shape index (κ3) is 3.37. The number of nitrogens with one attached hydrogen (secondary N) is 1. The molecule has 1 aromatic heterocycles. The summed E-state index contributed by atoms with van der Waals surface area (Å²) in [6.45, 7) is 3.95. The van der Waals surface area contributed by atoms with Crippen molar-refractivity contribution in [1.82, 2.24) is 9.66 Å². The van der Waals surface area contributed by atoms with Gasteiger partial charge in [-0.25, -0.2) is 9.66 Å². The van der Waals surface area contributed by atoms with Crippen molar-refractivity contribution in [2.75, 3.05) is 5.43 Å². The van der Waals surface area contributed by atoms with E-state index in [0.29, 0.717) is 28.2 Å². The first-order chi connectivity index (χ1) is 13.8. The highest BCUT2D eigenvalue weighted by Crippen LogP contribution is 2.61. The minimum atomic E-state index is -0.264. The maximum atomic E-state index is 13.2. The molecule has 1 N–H and O–H groups in total. The topological polar surface area (TPSA) is 64.0 Å². The van der Waals surface area contributed by atoms with Crippen LogP contribution >= 0.6 is 11.6 Å². The SMILES string of the molecule is CC(C)c1nc2ccc(Cl)cc2c(=O)n1NC(=O)CC12CC3CC(CC(C3)C1)C2. The van der Waals surface area contributed by atoms with Gasteiger partial charge in [-0.3, -0.25) is 15.0 Å². The largest absolute Gasteiger partial charge is 0.280 e. The van der Waals surface area contributed by atoms with Crippen LogP contribution in [0.5, 0.6) is 0 Å². The molecule has 0 aliphatic heterocycles. The molecule has 154 valence electrons. The number of carbonyl (C=O) groups is 1. The van der Waals surface area contributed by atoms with Gasteiger partial charge in [-0.1, -0.05) is 25.4 Å². The van der Waals surface area contributed by atoms with Crippen LogP contribution in [0.4, 0.5) is 0 Å². The molecule has 0 saturated heterocycles. The molecule has 2 aromatic rings. The number of fused-ring (bicyclic) bond motifs is 1. The molecule has 4 saturated carbocycles. The maximum absolute atomic E-state index is 13.2. The fourth-order valence-corrected chi connectivity index (χ4v) is 6.85. The zero-order chi connectivity index (χ0) is 20.3. The fourth-order valence-electron chi connectivity index (χ4n) is 6.68. The van der Waals surface area contributed by atoms with E-state index in [0.717, 1.165) is 17.8 Å². The van der Waals surface area contributed by atoms with Crippen LogP contribution in [0.3, 0.4) is 0 Å². The summed E-state index contributed by atoms with van der Waals surface area (Å²) in [5.74, 6) is 2.90. The van der Waals surface area contributed by atoms with Crippen LogP contribution in [0.15, 0.2) is 23.0 Å². The number of rotatable bonds is 4. The number of halogens is 1. The van der Waals surface area contributed by atoms with E-state index in [4.69, 9.17) is 11.6 Å². The smallest absolute Gasteiger partial charge is 0.273 e. The Kier molecular flexibility index (Phi) is 4.50. The van der Waals surface area contributed by atoms with Gasteiger partial charge in [0.25, 0.3) is 5.56 Å². The van der Waals surface area contributed by atoms with Crippen molar-refractivity contribution in [2.45, 2.75) is 64.7 Å². The zero-order valence-electron chi connectivity index (χ0n) is 17.1. The number of hydrogen-bond donors (Lipinski definition) is 1. The van der Waals surface area contributed by atoms with E-state index in [1.54, 1.807) is 18.2 Å². The Balaban J connectivity index is 1.45. The number of aromatic nitrogens is 2. The molecule has 6 heteroatoms. The van der Waals surface area contributed by atoms with Gasteiger partial charge < -0.3 is 0 Å². The molecule has 0 unspecified atom stereocenters. The number of nitrogens with zero attached hydrogens (tertiary/aromatic N) is 2. The fraction of sp³-hybridized carbons (Fsp3) is 0.609. The van der Waals surface area contributed by atoms with Gasteiger partial charge in [-0.15, -0.1) is 0 Å². The third-order valence-electron chi connectivity index (χ3n) is 7.31. The minimum absolute atomic E-state index is 0.00243. The van der Waals surface area contributed by atoms with Crippen LogP contribution in [-0.4, -0.2) is 15.6 Å². The Labute approximate surface area is 175 Å². The molecule has 4 bridgehead atoms. The first-order valence-electron chi connectivity index (χ1n) is 10.8. The second-order valence-electron chi connectivity index (χ2n) is 10.1. The molecule has 29 heavy (non-hydrogen) atoms. The van der Waals surface area contributed by atoms with Crippen LogP contribution in [0.25, 0.3) is 10.9 Å². The summed E-state index contributed by atoms with van der Waals surface area (Å²) < 4.78 is 1.35. The van der Waals surface area contributed by atoms with Gasteiger partial charge in [-0.2, -0.15) is 0 Å². The lowest BCUT2D eigenvalue weighted by atomic mass is 9.49. The van der Waals surface area contributed by atoms with Crippen LogP contribution < -0.4 is 11.0 Å². The van der Waals surface area contributed by atoms with Crippen LogP contribution in [0.2, 0.25) is 5.02 Å². The van der Waals surface area contributed by atoms with E-state index in [2.05, 4.69) is 10.4 Å². The zero-order valence-corrected chi connectivity index (χ0v) is 17.8. The maximum Gasteiger partial charge on any atom is 0.280 e. The predicted molar refractivity (Wildman–Crippen MR) is 115 cm³/mol. The molecule has 1 aromatic carbocycles. The van der Waals surface area contributed by atoms with Crippen LogP contribution in [0, 0.1) is 23.2 Å². The monoisotopic (exact) mass is 413 g/mol. The summed E-state index contributed by atoms with van der Waals surface area (Å²) >= 11 is 6.09. The van der Waals surface area contributed by atoms with E-state index in [1.165, 1.54) is 43.2 Å². The van der Waals surface area contributed by atoms with Crippen molar-refractivity contribution >= 4 is 28.4 Å². The lowest BCUT2D eigenvalue weighted by molar-refractivity contribution is -0.125. The Morgan fingerprint density at radius 3 is 2.41 bits per heavy atom. The lowest BCUT2D eigenvalue weighted by Gasteiger charge is -2.56. The molecule has 4 fully saturated rings. The Bertz CT molecular complexity index is 1010. The second kappa shape index (κ2) is 6.83. The molecule has 5 nitrogen and oxygen atoms in total. The summed E-state index contributed by atoms with van der Waals surface area (Å²) in [6, 6.07) is 5.11. The summed E-state index contributed by atoms with van der Waals surface area (Å²) in [7, 11) is 0. The third-order valence-corrected chi connectivity index (χ3v) is 7.54. The molecule has 1 heterocycles. The molecule has 6 rings (SSSR count). The van der Waals surface area contributed by atoms with Crippen molar-refractivity contribution in [2.24, 2.45) is 23.2 Å². The predicted octanol–water partition coefficient (Wildman–Crippen LogP) is 4.85. The van der Waals surface area contributed by atoms with Gasteiger partial charge >= 0.3 is 0 Å². The number of hydrogen-bond acceptors (Lipinski definition) is 3. The first-order valence-corrected chi connectivity index (χ1v) is 11.2. The molecule has 0 spiro atoms. The van der Waals surface area contributed by atoms with Gasteiger partial charge in [0.15, 0.2) is 0 Å². The van der Waals surface area contributed by atoms with E-state index in [-0.39, 0.29) is 22.8 Å². The Hall–Kier alpha value is -1.88. The molecule has 1 amide bonds. The van der Waals surface area contributed by atoms with Crippen molar-refractivity contribution in [1.29, 1.82) is 0 Å². The van der Waals surface area contributed by atoms with Crippen LogP contribution in [0.1, 0.15) is 70.5 Å². The highest BCUT2D eigenvalue weighted by molar-refractivity contribution is 6.31. The normalized spacial score (nSPS) is 30.3. The molecule has 0 atom stereocenters. The van der Waals surface area contributed by atoms with Gasteiger partial charge in [0, 0.05) is 17.4 Å². The van der Waals surface area contributed by atoms with E-state index < -0.39 is 0 Å². The number of carbonyl (C=O) groups excluding carboxylic acids is 1. The van der Waals surface area contributed by atoms with Gasteiger partial charge in [0.2, 0.25) is 5.91 Å². The lowest BCUT2D eigenvalue weighted by Crippen LogP contribution is -2.48. The Morgan fingerprint density at radius 1 is 1.21 bits per heavy atom. The quantitative estimate of drug-likeness (QED) is 0.779. The molecule has 4 aliphatic rings. The highest BCUT2D eigenvalue weighted by Gasteiger charge is 2.51. The van der Waals surface area contributed by atoms with Crippen molar-refractivity contribution < 1.29 is 4.79 Å². The summed E-state index contributed by atoms with van der Waals surface area (Å²) in [6.07, 6.45) is 8.08. The van der Waals surface area contributed by atoms with Crippen molar-refractivity contribution in [3.8, 4) is 0 Å². The molecule has 0 radical (unpaired) electrons. The Morgan fingerprint density at radius 2 is 1.83 bits per heavy atom. The summed E-state index contributed by atoms with van der Waals surface area (Å²) in [4.78, 5) is 30.9. The van der Waals surface area contributed by atoms with E-state index in [1.807, 2.05) is 13.8 Å². The summed E-state index contributed by atoms with van der Waals surface area (Å²) in [5, 5.41) is 0.914. The molecular weight excluding hydrogens is 386 g/mol. The molecular formula is C23H28ClN3O2. The molecule has 4 aliphatic carbocycles. The minimum Gasteiger partial charge on any atom is -0.273 e. The first kappa shape index (κ1) is 19.1. The van der Waals surface area contributed by atoms with Gasteiger partial charge in [0.05, 0.1) is 10.9 Å². The second-order valence-corrected chi connectivity index (χ2v) is 10.5. The standard InChI is InChI=1S/C23H28ClN3O2/c1-13(2)21-25-19-4-3-17(24)8-18(19)22(29)27(21)26-20(28)12-23-9-14-5-15(10-23)7-16(6-14)11-23/h3-4,8,13-16H,5-7,9-12H2,1-2H3,(H,26,28). The van der Waals surface area contributed by atoms with Gasteiger partial charge in [0.1, 0.15) is 5.82 Å². The van der Waals surface area contributed by atoms with Gasteiger partial charge in [-0.05, 0) is 79.9 Å². The summed E-state index contributed by atoms with van der Waals surface area (Å²) in [5.41, 5.74) is 3.38. The average Bonchev–Trinajstić information content (AvgIpc) is 2.62. The number of amides is 1. The average molecular weight is 414 g/mol. The van der Waals surface area contributed by atoms with E-state index >= 15 is 0 Å². The highest BCUT2D eigenvalue weighted by atomic mass is 35.5.